The number of anilines is 1. The molecule has 0 radical (unpaired) electrons. The van der Waals surface area contributed by atoms with Gasteiger partial charge in [0.15, 0.2) is 10.8 Å². The van der Waals surface area contributed by atoms with Crippen molar-refractivity contribution in [2.45, 2.75) is 32.9 Å². The molecule has 3 heterocycles. The number of carbonyl (C=O) groups is 2. The van der Waals surface area contributed by atoms with Crippen LogP contribution < -0.4 is 5.32 Å². The van der Waals surface area contributed by atoms with Crippen molar-refractivity contribution in [3.8, 4) is 11.4 Å². The fraction of sp³-hybridized carbons (Fsp3) is 0.263. The Balaban J connectivity index is 1.58. The quantitative estimate of drug-likeness (QED) is 0.594. The molecule has 0 spiro atoms. The normalized spacial score (nSPS) is 15.9. The Labute approximate surface area is 174 Å². The Kier molecular flexibility index (Phi) is 5.10. The highest BCUT2D eigenvalue weighted by molar-refractivity contribution is 7.12. The van der Waals surface area contributed by atoms with Crippen molar-refractivity contribution in [1.29, 1.82) is 0 Å². The Bertz CT molecular complexity index is 1110. The first-order chi connectivity index (χ1) is 13.8. The lowest BCUT2D eigenvalue weighted by atomic mass is 9.99. The topological polar surface area (TPSA) is 91.0 Å². The highest BCUT2D eigenvalue weighted by Crippen LogP contribution is 2.31. The number of aromatic amines is 1. The zero-order valence-corrected chi connectivity index (χ0v) is 17.2. The number of thiazole rings is 1. The third kappa shape index (κ3) is 3.75. The summed E-state index contributed by atoms with van der Waals surface area (Å²) in [7, 11) is 0. The van der Waals surface area contributed by atoms with Gasteiger partial charge in [-0.3, -0.25) is 9.89 Å². The van der Waals surface area contributed by atoms with E-state index in [0.29, 0.717) is 35.0 Å². The zero-order valence-electron chi connectivity index (χ0n) is 15.6. The minimum absolute atomic E-state index is 0.0568. The smallest absolute Gasteiger partial charge is 0.317 e. The summed E-state index contributed by atoms with van der Waals surface area (Å²) in [6.07, 6.45) is 0.601. The van der Waals surface area contributed by atoms with Gasteiger partial charge in [-0.2, -0.15) is 5.10 Å². The van der Waals surface area contributed by atoms with Gasteiger partial charge in [0.2, 0.25) is 0 Å². The van der Waals surface area contributed by atoms with Crippen molar-refractivity contribution in [2.24, 2.45) is 0 Å². The molecule has 0 fully saturated rings. The van der Waals surface area contributed by atoms with Crippen LogP contribution in [0.5, 0.6) is 0 Å². The van der Waals surface area contributed by atoms with E-state index in [9.17, 15) is 14.0 Å². The highest BCUT2D eigenvalue weighted by atomic mass is 35.5. The van der Waals surface area contributed by atoms with Crippen molar-refractivity contribution in [3.63, 3.8) is 0 Å². The second-order valence-corrected chi connectivity index (χ2v) is 8.13. The number of hydrogen-bond acceptors (Lipinski definition) is 5. The summed E-state index contributed by atoms with van der Waals surface area (Å²) in [4.78, 5) is 30.4. The molecule has 2 amide bonds. The van der Waals surface area contributed by atoms with Crippen LogP contribution >= 0.6 is 22.9 Å². The molecule has 7 nitrogen and oxygen atoms in total. The summed E-state index contributed by atoms with van der Waals surface area (Å²) in [5.74, 6) is -0.643. The molecule has 1 aliphatic rings. The summed E-state index contributed by atoms with van der Waals surface area (Å²) in [6.45, 7) is 3.74. The monoisotopic (exact) mass is 433 g/mol. The van der Waals surface area contributed by atoms with Gasteiger partial charge in [-0.25, -0.2) is 14.2 Å². The number of Topliss-reactive ketones (excluding diaryl/α,β-unsaturated/α-hetero) is 1. The standard InChI is InChI=1S/C19H17ClFN5O2S/c1-9-5-15-12(17(25-24-15)16-8-29-18(23-16)10(2)27)7-26(9)19(28)22-11-3-4-14(21)13(20)6-11/h3-4,6,8-9H,5,7H2,1-2H3,(H,22,28)(H,24,25). The van der Waals surface area contributed by atoms with Crippen LogP contribution in [0.1, 0.15) is 34.9 Å². The number of amides is 2. The largest absolute Gasteiger partial charge is 0.322 e. The molecule has 3 aromatic rings. The van der Waals surface area contributed by atoms with E-state index in [1.54, 1.807) is 10.3 Å². The first-order valence-electron chi connectivity index (χ1n) is 8.89. The number of nitrogens with one attached hydrogen (secondary N) is 2. The minimum atomic E-state index is -0.545. The molecule has 1 unspecified atom stereocenters. The Hall–Kier alpha value is -2.78. The van der Waals surface area contributed by atoms with Crippen molar-refractivity contribution in [3.05, 3.63) is 50.7 Å². The van der Waals surface area contributed by atoms with Crippen LogP contribution in [0.4, 0.5) is 14.9 Å². The molecular weight excluding hydrogens is 417 g/mol. The van der Waals surface area contributed by atoms with Gasteiger partial charge in [0.05, 0.1) is 11.6 Å². The number of rotatable bonds is 3. The van der Waals surface area contributed by atoms with E-state index < -0.39 is 5.82 Å². The number of fused-ring (bicyclic) bond motifs is 1. The minimum Gasteiger partial charge on any atom is -0.317 e. The SMILES string of the molecule is CC(=O)c1nc(-c2n[nH]c3c2CN(C(=O)Nc2ccc(F)c(Cl)c2)C(C)C3)cs1. The number of carbonyl (C=O) groups excluding carboxylic acids is 2. The van der Waals surface area contributed by atoms with Gasteiger partial charge < -0.3 is 10.2 Å². The van der Waals surface area contributed by atoms with E-state index in [1.807, 2.05) is 6.92 Å². The molecule has 0 saturated carbocycles. The van der Waals surface area contributed by atoms with Crippen LogP contribution in [0.25, 0.3) is 11.4 Å². The van der Waals surface area contributed by atoms with Gasteiger partial charge in [0.25, 0.3) is 0 Å². The van der Waals surface area contributed by atoms with E-state index in [0.717, 1.165) is 11.3 Å². The molecule has 29 heavy (non-hydrogen) atoms. The number of benzene rings is 1. The third-order valence-electron chi connectivity index (χ3n) is 4.79. The first-order valence-corrected chi connectivity index (χ1v) is 10.1. The summed E-state index contributed by atoms with van der Waals surface area (Å²) in [6, 6.07) is 3.65. The second kappa shape index (κ2) is 7.57. The molecule has 1 aliphatic heterocycles. The lowest BCUT2D eigenvalue weighted by Crippen LogP contribution is -2.44. The van der Waals surface area contributed by atoms with E-state index >= 15 is 0 Å². The number of urea groups is 1. The van der Waals surface area contributed by atoms with Gasteiger partial charge in [0.1, 0.15) is 17.2 Å². The van der Waals surface area contributed by atoms with Crippen LogP contribution in [0, 0.1) is 5.82 Å². The Morgan fingerprint density at radius 2 is 2.21 bits per heavy atom. The second-order valence-electron chi connectivity index (χ2n) is 6.86. The molecule has 0 aliphatic carbocycles. The zero-order chi connectivity index (χ0) is 20.7. The van der Waals surface area contributed by atoms with Crippen LogP contribution in [0.3, 0.4) is 0 Å². The summed E-state index contributed by atoms with van der Waals surface area (Å²) in [5, 5.41) is 12.3. The number of aromatic nitrogens is 3. The van der Waals surface area contributed by atoms with E-state index in [2.05, 4.69) is 20.5 Å². The molecular formula is C19H17ClFN5O2S. The number of hydrogen-bond donors (Lipinski definition) is 2. The molecule has 2 aromatic heterocycles. The number of halogens is 2. The lowest BCUT2D eigenvalue weighted by Gasteiger charge is -2.33. The number of H-pyrrole nitrogens is 1. The lowest BCUT2D eigenvalue weighted by molar-refractivity contribution is 0.101. The Morgan fingerprint density at radius 1 is 1.41 bits per heavy atom. The molecule has 4 rings (SSSR count). The average molecular weight is 434 g/mol. The van der Waals surface area contributed by atoms with Gasteiger partial charge in [-0.05, 0) is 25.1 Å². The summed E-state index contributed by atoms with van der Waals surface area (Å²) in [5.41, 5.74) is 3.48. The maximum absolute atomic E-state index is 13.3. The molecule has 0 saturated heterocycles. The average Bonchev–Trinajstić information content (AvgIpc) is 3.30. The van der Waals surface area contributed by atoms with E-state index in [4.69, 9.17) is 11.6 Å². The first kappa shape index (κ1) is 19.5. The maximum atomic E-state index is 13.3. The van der Waals surface area contributed by atoms with Gasteiger partial charge >= 0.3 is 6.03 Å². The van der Waals surface area contributed by atoms with Gasteiger partial charge in [-0.1, -0.05) is 11.6 Å². The molecule has 1 atom stereocenters. The summed E-state index contributed by atoms with van der Waals surface area (Å²) >= 11 is 7.06. The summed E-state index contributed by atoms with van der Waals surface area (Å²) < 4.78 is 13.3. The van der Waals surface area contributed by atoms with E-state index in [1.165, 1.54) is 36.5 Å². The fourth-order valence-corrected chi connectivity index (χ4v) is 4.15. The van der Waals surface area contributed by atoms with Crippen molar-refractivity contribution in [1.82, 2.24) is 20.1 Å². The van der Waals surface area contributed by atoms with Crippen molar-refractivity contribution in [2.75, 3.05) is 5.32 Å². The molecule has 1 aromatic carbocycles. The fourth-order valence-electron chi connectivity index (χ4n) is 3.27. The van der Waals surface area contributed by atoms with Crippen LogP contribution in [-0.4, -0.2) is 37.9 Å². The molecule has 2 N–H and O–H groups in total. The van der Waals surface area contributed by atoms with E-state index in [-0.39, 0.29) is 22.9 Å². The van der Waals surface area contributed by atoms with Crippen LogP contribution in [0.2, 0.25) is 5.02 Å². The third-order valence-corrected chi connectivity index (χ3v) is 6.03. The molecule has 10 heteroatoms. The van der Waals surface area contributed by atoms with Crippen molar-refractivity contribution >= 4 is 40.4 Å². The number of nitrogens with zero attached hydrogens (tertiary/aromatic N) is 3. The van der Waals surface area contributed by atoms with Gasteiger partial charge in [0, 0.05) is 41.7 Å². The maximum Gasteiger partial charge on any atom is 0.322 e. The van der Waals surface area contributed by atoms with Gasteiger partial charge in [-0.15, -0.1) is 11.3 Å². The highest BCUT2D eigenvalue weighted by Gasteiger charge is 2.31. The molecule has 150 valence electrons. The van der Waals surface area contributed by atoms with Crippen LogP contribution in [-0.2, 0) is 13.0 Å². The Morgan fingerprint density at radius 3 is 2.90 bits per heavy atom. The number of ketones is 1. The van der Waals surface area contributed by atoms with Crippen LogP contribution in [0.15, 0.2) is 23.6 Å². The molecule has 0 bridgehead atoms. The van der Waals surface area contributed by atoms with Crippen molar-refractivity contribution < 1.29 is 14.0 Å². The predicted molar refractivity (Wildman–Crippen MR) is 109 cm³/mol. The predicted octanol–water partition coefficient (Wildman–Crippen LogP) is 4.51.